The maximum atomic E-state index is 13.1. The molecule has 4 heteroatoms. The first-order valence-electron chi connectivity index (χ1n) is 6.03. The molecule has 0 bridgehead atoms. The zero-order chi connectivity index (χ0) is 13.7. The molecule has 0 aliphatic heterocycles. The normalized spacial score (nSPS) is 10.5. The summed E-state index contributed by atoms with van der Waals surface area (Å²) in [6.07, 6.45) is 0. The number of nitrogens with two attached hydrogens (primary N) is 1. The Hall–Kier alpha value is -1.91. The molecular weight excluding hydrogens is 245 g/mol. The molecule has 0 fully saturated rings. The van der Waals surface area contributed by atoms with Crippen molar-refractivity contribution in [2.24, 2.45) is 5.73 Å². The molecule has 0 aromatic heterocycles. The van der Waals surface area contributed by atoms with Crippen molar-refractivity contribution in [3.8, 4) is 5.75 Å². The number of hydrogen-bond donors (Lipinski definition) is 2. The molecule has 0 spiro atoms. The van der Waals surface area contributed by atoms with E-state index >= 15 is 0 Å². The second-order valence-electron chi connectivity index (χ2n) is 4.21. The van der Waals surface area contributed by atoms with Gasteiger partial charge in [0.15, 0.2) is 0 Å². The number of ether oxygens (including phenoxy) is 1. The van der Waals surface area contributed by atoms with E-state index in [4.69, 9.17) is 15.6 Å². The van der Waals surface area contributed by atoms with E-state index in [1.165, 1.54) is 12.1 Å². The van der Waals surface area contributed by atoms with Gasteiger partial charge in [-0.1, -0.05) is 18.2 Å². The minimum absolute atomic E-state index is 0.0260. The lowest BCUT2D eigenvalue weighted by Crippen LogP contribution is -2.05. The van der Waals surface area contributed by atoms with Gasteiger partial charge in [-0.05, 0) is 41.0 Å². The van der Waals surface area contributed by atoms with Gasteiger partial charge in [-0.3, -0.25) is 0 Å². The van der Waals surface area contributed by atoms with Gasteiger partial charge < -0.3 is 15.6 Å². The van der Waals surface area contributed by atoms with Crippen LogP contribution in [0.25, 0.3) is 0 Å². The standard InChI is InChI=1S/C15H16FNO2/c16-14-5-4-12(13(7-14)8-17)10-19-15-3-1-2-11(6-15)9-18/h1-7,18H,8-10,17H2. The van der Waals surface area contributed by atoms with Crippen molar-refractivity contribution in [2.75, 3.05) is 0 Å². The molecule has 0 atom stereocenters. The lowest BCUT2D eigenvalue weighted by Gasteiger charge is -2.10. The van der Waals surface area contributed by atoms with E-state index in [0.717, 1.165) is 16.7 Å². The Morgan fingerprint density at radius 3 is 2.68 bits per heavy atom. The second-order valence-corrected chi connectivity index (χ2v) is 4.21. The first-order valence-corrected chi connectivity index (χ1v) is 6.03. The summed E-state index contributed by atoms with van der Waals surface area (Å²) >= 11 is 0. The van der Waals surface area contributed by atoms with E-state index in [-0.39, 0.29) is 19.0 Å². The van der Waals surface area contributed by atoms with Crippen molar-refractivity contribution >= 4 is 0 Å². The fourth-order valence-electron chi connectivity index (χ4n) is 1.82. The topological polar surface area (TPSA) is 55.5 Å². The average Bonchev–Trinajstić information content (AvgIpc) is 2.46. The monoisotopic (exact) mass is 261 g/mol. The Morgan fingerprint density at radius 1 is 1.11 bits per heavy atom. The van der Waals surface area contributed by atoms with Crippen LogP contribution in [0.3, 0.4) is 0 Å². The Balaban J connectivity index is 2.09. The fourth-order valence-corrected chi connectivity index (χ4v) is 1.82. The largest absolute Gasteiger partial charge is 0.489 e. The van der Waals surface area contributed by atoms with Crippen molar-refractivity contribution in [2.45, 2.75) is 19.8 Å². The zero-order valence-corrected chi connectivity index (χ0v) is 10.5. The molecule has 0 unspecified atom stereocenters. The van der Waals surface area contributed by atoms with Gasteiger partial charge in [0.25, 0.3) is 0 Å². The number of rotatable bonds is 5. The van der Waals surface area contributed by atoms with Crippen LogP contribution in [0.5, 0.6) is 5.75 Å². The van der Waals surface area contributed by atoms with E-state index in [9.17, 15) is 4.39 Å². The summed E-state index contributed by atoms with van der Waals surface area (Å²) in [5.74, 6) is 0.366. The molecule has 3 N–H and O–H groups in total. The van der Waals surface area contributed by atoms with E-state index < -0.39 is 0 Å². The number of benzene rings is 2. The molecule has 0 saturated heterocycles. The third-order valence-electron chi connectivity index (χ3n) is 2.86. The third kappa shape index (κ3) is 3.53. The van der Waals surface area contributed by atoms with Crippen LogP contribution in [0, 0.1) is 5.82 Å². The predicted octanol–water partition coefficient (Wildman–Crippen LogP) is 2.36. The molecular formula is C15H16FNO2. The average molecular weight is 261 g/mol. The second kappa shape index (κ2) is 6.31. The third-order valence-corrected chi connectivity index (χ3v) is 2.86. The summed E-state index contributed by atoms with van der Waals surface area (Å²) in [7, 11) is 0. The molecule has 0 amide bonds. The molecule has 0 aliphatic carbocycles. The summed E-state index contributed by atoms with van der Waals surface area (Å²) in [5, 5.41) is 9.05. The predicted molar refractivity (Wildman–Crippen MR) is 71.0 cm³/mol. The minimum Gasteiger partial charge on any atom is -0.489 e. The van der Waals surface area contributed by atoms with Gasteiger partial charge in [0, 0.05) is 6.54 Å². The molecule has 3 nitrogen and oxygen atoms in total. The summed E-state index contributed by atoms with van der Waals surface area (Å²) in [5.41, 5.74) is 7.96. The lowest BCUT2D eigenvalue weighted by atomic mass is 10.1. The smallest absolute Gasteiger partial charge is 0.123 e. The van der Waals surface area contributed by atoms with Gasteiger partial charge in [0.1, 0.15) is 18.2 Å². The van der Waals surface area contributed by atoms with Crippen LogP contribution < -0.4 is 10.5 Å². The van der Waals surface area contributed by atoms with Gasteiger partial charge in [-0.2, -0.15) is 0 Å². The number of halogens is 1. The van der Waals surface area contributed by atoms with Crippen molar-refractivity contribution in [1.29, 1.82) is 0 Å². The van der Waals surface area contributed by atoms with Crippen molar-refractivity contribution < 1.29 is 14.2 Å². The number of aliphatic hydroxyl groups is 1. The van der Waals surface area contributed by atoms with Gasteiger partial charge in [-0.15, -0.1) is 0 Å². The highest BCUT2D eigenvalue weighted by Gasteiger charge is 2.04. The Morgan fingerprint density at radius 2 is 1.95 bits per heavy atom. The zero-order valence-electron chi connectivity index (χ0n) is 10.5. The highest BCUT2D eigenvalue weighted by Crippen LogP contribution is 2.17. The SMILES string of the molecule is NCc1cc(F)ccc1COc1cccc(CO)c1. The molecule has 0 heterocycles. The fraction of sp³-hybridized carbons (Fsp3) is 0.200. The van der Waals surface area contributed by atoms with E-state index in [2.05, 4.69) is 0 Å². The van der Waals surface area contributed by atoms with E-state index in [1.807, 2.05) is 18.2 Å². The highest BCUT2D eigenvalue weighted by atomic mass is 19.1. The number of hydrogen-bond acceptors (Lipinski definition) is 3. The Bertz CT molecular complexity index is 558. The molecule has 2 aromatic carbocycles. The minimum atomic E-state index is -0.300. The van der Waals surface area contributed by atoms with Gasteiger partial charge in [0.05, 0.1) is 6.61 Å². The quantitative estimate of drug-likeness (QED) is 0.868. The summed E-state index contributed by atoms with van der Waals surface area (Å²) in [4.78, 5) is 0. The van der Waals surface area contributed by atoms with Crippen LogP contribution in [0.1, 0.15) is 16.7 Å². The molecule has 0 radical (unpaired) electrons. The molecule has 2 aromatic rings. The molecule has 2 rings (SSSR count). The first-order chi connectivity index (χ1) is 9.22. The molecule has 19 heavy (non-hydrogen) atoms. The van der Waals surface area contributed by atoms with Crippen molar-refractivity contribution in [3.05, 3.63) is 65.0 Å². The Kier molecular flexibility index (Phi) is 4.49. The summed E-state index contributed by atoms with van der Waals surface area (Å²) in [6, 6.07) is 11.7. The van der Waals surface area contributed by atoms with Crippen LogP contribution in [0.2, 0.25) is 0 Å². The van der Waals surface area contributed by atoms with Gasteiger partial charge in [-0.25, -0.2) is 4.39 Å². The van der Waals surface area contributed by atoms with Gasteiger partial charge >= 0.3 is 0 Å². The molecule has 0 aliphatic rings. The van der Waals surface area contributed by atoms with Crippen molar-refractivity contribution in [1.82, 2.24) is 0 Å². The summed E-state index contributed by atoms with van der Waals surface area (Å²) < 4.78 is 18.7. The maximum Gasteiger partial charge on any atom is 0.123 e. The van der Waals surface area contributed by atoms with E-state index in [0.29, 0.717) is 12.4 Å². The molecule has 100 valence electrons. The van der Waals surface area contributed by atoms with E-state index in [1.54, 1.807) is 12.1 Å². The van der Waals surface area contributed by atoms with Gasteiger partial charge in [0.2, 0.25) is 0 Å². The van der Waals surface area contributed by atoms with Crippen LogP contribution >= 0.6 is 0 Å². The van der Waals surface area contributed by atoms with Crippen LogP contribution in [0.15, 0.2) is 42.5 Å². The highest BCUT2D eigenvalue weighted by molar-refractivity contribution is 5.30. The molecule has 0 saturated carbocycles. The maximum absolute atomic E-state index is 13.1. The van der Waals surface area contributed by atoms with Crippen LogP contribution in [0.4, 0.5) is 4.39 Å². The van der Waals surface area contributed by atoms with Crippen LogP contribution in [-0.4, -0.2) is 5.11 Å². The van der Waals surface area contributed by atoms with Crippen molar-refractivity contribution in [3.63, 3.8) is 0 Å². The Labute approximate surface area is 111 Å². The summed E-state index contributed by atoms with van der Waals surface area (Å²) in [6.45, 7) is 0.566. The number of aliphatic hydroxyl groups excluding tert-OH is 1. The van der Waals surface area contributed by atoms with Crippen LogP contribution in [-0.2, 0) is 19.8 Å². The first kappa shape index (κ1) is 13.5. The lowest BCUT2D eigenvalue weighted by molar-refractivity contribution is 0.278.